The number of benzene rings is 1. The fourth-order valence-corrected chi connectivity index (χ4v) is 2.88. The molecule has 0 spiro atoms. The van der Waals surface area contributed by atoms with E-state index in [1.54, 1.807) is 6.20 Å². The van der Waals surface area contributed by atoms with Crippen LogP contribution >= 0.6 is 31.9 Å². The van der Waals surface area contributed by atoms with Crippen molar-refractivity contribution in [3.8, 4) is 5.75 Å². The molecule has 0 aliphatic rings. The SMILES string of the molecule is O=CCCOc1c(Br)cc(Br)c2cccnc12. The Bertz CT molecular complexity index is 557. The number of hydrogen-bond donors (Lipinski definition) is 0. The summed E-state index contributed by atoms with van der Waals surface area (Å²) in [5.74, 6) is 0.672. The lowest BCUT2D eigenvalue weighted by Gasteiger charge is -2.10. The van der Waals surface area contributed by atoms with Gasteiger partial charge in [-0.2, -0.15) is 0 Å². The number of aldehydes is 1. The van der Waals surface area contributed by atoms with Gasteiger partial charge in [-0.25, -0.2) is 0 Å². The van der Waals surface area contributed by atoms with Crippen LogP contribution in [0.4, 0.5) is 0 Å². The monoisotopic (exact) mass is 357 g/mol. The summed E-state index contributed by atoms with van der Waals surface area (Å²) in [5.41, 5.74) is 0.777. The summed E-state index contributed by atoms with van der Waals surface area (Å²) in [6.07, 6.45) is 2.92. The van der Waals surface area contributed by atoms with Crippen LogP contribution in [0.25, 0.3) is 10.9 Å². The second-order valence-corrected chi connectivity index (χ2v) is 5.08. The molecule has 0 atom stereocenters. The van der Waals surface area contributed by atoms with E-state index < -0.39 is 0 Å². The van der Waals surface area contributed by atoms with Gasteiger partial charge >= 0.3 is 0 Å². The summed E-state index contributed by atoms with van der Waals surface area (Å²) in [5, 5.41) is 0.983. The third kappa shape index (κ3) is 2.66. The van der Waals surface area contributed by atoms with E-state index in [1.807, 2.05) is 18.2 Å². The minimum Gasteiger partial charge on any atom is -0.490 e. The number of halogens is 2. The van der Waals surface area contributed by atoms with E-state index in [9.17, 15) is 4.79 Å². The number of carbonyl (C=O) groups is 1. The van der Waals surface area contributed by atoms with Crippen LogP contribution in [0.1, 0.15) is 6.42 Å². The lowest BCUT2D eigenvalue weighted by Crippen LogP contribution is -2.00. The molecular formula is C12H9Br2NO2. The quantitative estimate of drug-likeness (QED) is 0.617. The molecule has 2 rings (SSSR count). The molecular weight excluding hydrogens is 350 g/mol. The zero-order chi connectivity index (χ0) is 12.3. The highest BCUT2D eigenvalue weighted by Crippen LogP contribution is 2.37. The number of nitrogens with zero attached hydrogens (tertiary/aromatic N) is 1. The van der Waals surface area contributed by atoms with E-state index in [0.29, 0.717) is 18.8 Å². The van der Waals surface area contributed by atoms with Crippen LogP contribution in [-0.4, -0.2) is 17.9 Å². The maximum absolute atomic E-state index is 10.3. The Labute approximate surface area is 115 Å². The molecule has 1 aromatic heterocycles. The van der Waals surface area contributed by atoms with Gasteiger partial charge in [-0.1, -0.05) is 22.0 Å². The molecule has 0 unspecified atom stereocenters. The van der Waals surface area contributed by atoms with Gasteiger partial charge in [-0.05, 0) is 28.1 Å². The Hall–Kier alpha value is -0.940. The Kier molecular flexibility index (Phi) is 4.12. The normalized spacial score (nSPS) is 10.5. The molecule has 1 aromatic carbocycles. The summed E-state index contributed by atoms with van der Waals surface area (Å²) in [7, 11) is 0. The number of rotatable bonds is 4. The van der Waals surface area contributed by atoms with Gasteiger partial charge in [-0.15, -0.1) is 0 Å². The smallest absolute Gasteiger partial charge is 0.159 e. The molecule has 0 amide bonds. The topological polar surface area (TPSA) is 39.2 Å². The Morgan fingerprint density at radius 1 is 1.35 bits per heavy atom. The second kappa shape index (κ2) is 5.60. The minimum atomic E-state index is 0.357. The van der Waals surface area contributed by atoms with Gasteiger partial charge in [0.15, 0.2) is 5.75 Å². The molecule has 0 aliphatic heterocycles. The number of carbonyl (C=O) groups excluding carboxylic acids is 1. The average Bonchev–Trinajstić information content (AvgIpc) is 2.33. The average molecular weight is 359 g/mol. The molecule has 0 N–H and O–H groups in total. The molecule has 0 aliphatic carbocycles. The number of pyridine rings is 1. The van der Waals surface area contributed by atoms with Crippen molar-refractivity contribution in [1.82, 2.24) is 4.98 Å². The Morgan fingerprint density at radius 2 is 2.18 bits per heavy atom. The fraction of sp³-hybridized carbons (Fsp3) is 0.167. The molecule has 0 radical (unpaired) electrons. The molecule has 5 heteroatoms. The summed E-state index contributed by atoms with van der Waals surface area (Å²) in [6, 6.07) is 5.75. The van der Waals surface area contributed by atoms with Crippen molar-refractivity contribution in [2.45, 2.75) is 6.42 Å². The van der Waals surface area contributed by atoms with Crippen LogP contribution in [-0.2, 0) is 4.79 Å². The highest BCUT2D eigenvalue weighted by molar-refractivity contribution is 9.11. The number of aromatic nitrogens is 1. The van der Waals surface area contributed by atoms with Crippen LogP contribution < -0.4 is 4.74 Å². The highest BCUT2D eigenvalue weighted by atomic mass is 79.9. The largest absolute Gasteiger partial charge is 0.490 e. The maximum Gasteiger partial charge on any atom is 0.159 e. The second-order valence-electron chi connectivity index (χ2n) is 3.37. The van der Waals surface area contributed by atoms with Crippen LogP contribution in [0.3, 0.4) is 0 Å². The first kappa shape index (κ1) is 12.5. The van der Waals surface area contributed by atoms with E-state index in [0.717, 1.165) is 26.1 Å². The number of ether oxygens (including phenoxy) is 1. The molecule has 17 heavy (non-hydrogen) atoms. The van der Waals surface area contributed by atoms with Gasteiger partial charge in [0.25, 0.3) is 0 Å². The summed E-state index contributed by atoms with van der Waals surface area (Å²) < 4.78 is 7.36. The standard InChI is InChI=1S/C12H9Br2NO2/c13-9-7-10(14)12(17-6-2-5-16)11-8(9)3-1-4-15-11/h1,3-5,7H,2,6H2. The van der Waals surface area contributed by atoms with Crippen LogP contribution in [0.15, 0.2) is 33.3 Å². The van der Waals surface area contributed by atoms with Crippen molar-refractivity contribution < 1.29 is 9.53 Å². The number of hydrogen-bond acceptors (Lipinski definition) is 3. The van der Waals surface area contributed by atoms with Gasteiger partial charge < -0.3 is 9.53 Å². The lowest BCUT2D eigenvalue weighted by molar-refractivity contribution is -0.108. The molecule has 0 saturated heterocycles. The van der Waals surface area contributed by atoms with Gasteiger partial charge in [0.2, 0.25) is 0 Å². The van der Waals surface area contributed by atoms with E-state index in [-0.39, 0.29) is 0 Å². The Morgan fingerprint density at radius 3 is 2.94 bits per heavy atom. The van der Waals surface area contributed by atoms with E-state index >= 15 is 0 Å². The third-order valence-corrected chi connectivity index (χ3v) is 3.48. The molecule has 1 heterocycles. The van der Waals surface area contributed by atoms with Gasteiger partial charge in [0.05, 0.1) is 11.1 Å². The minimum absolute atomic E-state index is 0.357. The first-order valence-electron chi connectivity index (χ1n) is 5.03. The van der Waals surface area contributed by atoms with Crippen LogP contribution in [0, 0.1) is 0 Å². The predicted molar refractivity (Wildman–Crippen MR) is 73.3 cm³/mol. The van der Waals surface area contributed by atoms with Crippen molar-refractivity contribution >= 4 is 49.0 Å². The lowest BCUT2D eigenvalue weighted by atomic mass is 10.2. The Balaban J connectivity index is 2.49. The molecule has 0 fully saturated rings. The van der Waals surface area contributed by atoms with E-state index in [1.165, 1.54) is 0 Å². The molecule has 3 nitrogen and oxygen atoms in total. The summed E-state index contributed by atoms with van der Waals surface area (Å²) in [6.45, 7) is 0.357. The first-order chi connectivity index (χ1) is 8.24. The molecule has 0 bridgehead atoms. The van der Waals surface area contributed by atoms with Crippen molar-refractivity contribution in [1.29, 1.82) is 0 Å². The van der Waals surface area contributed by atoms with Gasteiger partial charge in [-0.3, -0.25) is 4.98 Å². The van der Waals surface area contributed by atoms with Crippen LogP contribution in [0.5, 0.6) is 5.75 Å². The van der Waals surface area contributed by atoms with Gasteiger partial charge in [0, 0.05) is 22.5 Å². The highest BCUT2D eigenvalue weighted by Gasteiger charge is 2.11. The molecule has 2 aromatic rings. The van der Waals surface area contributed by atoms with Gasteiger partial charge in [0.1, 0.15) is 11.8 Å². The zero-order valence-corrected chi connectivity index (χ0v) is 12.0. The fourth-order valence-electron chi connectivity index (χ4n) is 1.49. The predicted octanol–water partition coefficient (Wildman–Crippen LogP) is 3.73. The summed E-state index contributed by atoms with van der Waals surface area (Å²) >= 11 is 6.92. The maximum atomic E-state index is 10.3. The van der Waals surface area contributed by atoms with E-state index in [4.69, 9.17) is 4.74 Å². The summed E-state index contributed by atoms with van der Waals surface area (Å²) in [4.78, 5) is 14.6. The van der Waals surface area contributed by atoms with Crippen molar-refractivity contribution in [3.05, 3.63) is 33.3 Å². The third-order valence-electron chi connectivity index (χ3n) is 2.23. The zero-order valence-electron chi connectivity index (χ0n) is 8.82. The van der Waals surface area contributed by atoms with Crippen molar-refractivity contribution in [2.75, 3.05) is 6.61 Å². The number of fused-ring (bicyclic) bond motifs is 1. The van der Waals surface area contributed by atoms with Crippen LogP contribution in [0.2, 0.25) is 0 Å². The van der Waals surface area contributed by atoms with Crippen molar-refractivity contribution in [2.24, 2.45) is 0 Å². The molecule has 0 saturated carbocycles. The van der Waals surface area contributed by atoms with Crippen molar-refractivity contribution in [3.63, 3.8) is 0 Å². The molecule has 88 valence electrons. The van der Waals surface area contributed by atoms with E-state index in [2.05, 4.69) is 36.8 Å². The first-order valence-corrected chi connectivity index (χ1v) is 6.62.